The van der Waals surface area contributed by atoms with E-state index in [-0.39, 0.29) is 5.82 Å². The van der Waals surface area contributed by atoms with Crippen LogP contribution >= 0.6 is 0 Å². The van der Waals surface area contributed by atoms with E-state index < -0.39 is 0 Å². The summed E-state index contributed by atoms with van der Waals surface area (Å²) in [5, 5.41) is 0. The van der Waals surface area contributed by atoms with Crippen molar-refractivity contribution >= 4 is 6.21 Å². The van der Waals surface area contributed by atoms with Gasteiger partial charge in [-0.2, -0.15) is 0 Å². The topological polar surface area (TPSA) is 12.4 Å². The Morgan fingerprint density at radius 2 is 1.73 bits per heavy atom. The van der Waals surface area contributed by atoms with Crippen molar-refractivity contribution < 1.29 is 4.39 Å². The van der Waals surface area contributed by atoms with Crippen LogP contribution in [0.25, 0.3) is 0 Å². The van der Waals surface area contributed by atoms with Crippen molar-refractivity contribution in [3.05, 3.63) is 35.6 Å². The van der Waals surface area contributed by atoms with Gasteiger partial charge in [0.2, 0.25) is 0 Å². The molecule has 1 nitrogen and oxygen atoms in total. The molecule has 15 heavy (non-hydrogen) atoms. The molecule has 80 valence electrons. The molecule has 1 fully saturated rings. The molecular formula is C13H16FN. The van der Waals surface area contributed by atoms with Gasteiger partial charge in [0.1, 0.15) is 5.82 Å². The van der Waals surface area contributed by atoms with Crippen LogP contribution in [0, 0.1) is 5.82 Å². The Hall–Kier alpha value is -1.18. The van der Waals surface area contributed by atoms with E-state index in [1.54, 1.807) is 12.1 Å². The Balaban J connectivity index is 1.95. The highest BCUT2D eigenvalue weighted by Crippen LogP contribution is 2.20. The molecule has 1 aromatic carbocycles. The normalized spacial score (nSPS) is 18.5. The summed E-state index contributed by atoms with van der Waals surface area (Å²) in [7, 11) is 0. The Bertz CT molecular complexity index is 323. The first kappa shape index (κ1) is 10.3. The van der Waals surface area contributed by atoms with Gasteiger partial charge >= 0.3 is 0 Å². The Kier molecular flexibility index (Phi) is 3.49. The van der Waals surface area contributed by atoms with Gasteiger partial charge in [0.15, 0.2) is 0 Å². The fourth-order valence-corrected chi connectivity index (χ4v) is 1.97. The van der Waals surface area contributed by atoms with Crippen LogP contribution < -0.4 is 0 Å². The molecule has 1 saturated carbocycles. The minimum absolute atomic E-state index is 0.190. The van der Waals surface area contributed by atoms with Crippen molar-refractivity contribution in [1.82, 2.24) is 0 Å². The number of nitrogens with zero attached hydrogens (tertiary/aromatic N) is 1. The van der Waals surface area contributed by atoms with Gasteiger partial charge in [0.05, 0.1) is 0 Å². The van der Waals surface area contributed by atoms with Crippen molar-refractivity contribution in [3.8, 4) is 0 Å². The molecule has 0 aromatic heterocycles. The van der Waals surface area contributed by atoms with E-state index in [9.17, 15) is 4.39 Å². The van der Waals surface area contributed by atoms with E-state index in [2.05, 4.69) is 4.99 Å². The second-order valence-electron chi connectivity index (χ2n) is 4.12. The van der Waals surface area contributed by atoms with Crippen LogP contribution in [0.4, 0.5) is 4.39 Å². The Morgan fingerprint density at radius 1 is 1.07 bits per heavy atom. The lowest BCUT2D eigenvalue weighted by Crippen LogP contribution is -2.09. The summed E-state index contributed by atoms with van der Waals surface area (Å²) in [6.45, 7) is 0. The lowest BCUT2D eigenvalue weighted by molar-refractivity contribution is 0.444. The lowest BCUT2D eigenvalue weighted by atomic mass is 9.96. The number of hydrogen-bond donors (Lipinski definition) is 0. The lowest BCUT2D eigenvalue weighted by Gasteiger charge is -2.16. The second-order valence-corrected chi connectivity index (χ2v) is 4.12. The largest absolute Gasteiger partial charge is 0.289 e. The molecule has 0 aliphatic heterocycles. The zero-order valence-corrected chi connectivity index (χ0v) is 8.82. The summed E-state index contributed by atoms with van der Waals surface area (Å²) in [5.74, 6) is -0.190. The smallest absolute Gasteiger partial charge is 0.123 e. The van der Waals surface area contributed by atoms with Crippen molar-refractivity contribution in [2.45, 2.75) is 38.1 Å². The van der Waals surface area contributed by atoms with Crippen molar-refractivity contribution in [2.75, 3.05) is 0 Å². The average Bonchev–Trinajstić information content (AvgIpc) is 2.30. The number of aliphatic imine (C=N–C) groups is 1. The molecule has 0 atom stereocenters. The van der Waals surface area contributed by atoms with Crippen molar-refractivity contribution in [3.63, 3.8) is 0 Å². The van der Waals surface area contributed by atoms with Gasteiger partial charge in [-0.1, -0.05) is 31.4 Å². The molecule has 0 amide bonds. The van der Waals surface area contributed by atoms with E-state index in [1.807, 2.05) is 6.21 Å². The highest BCUT2D eigenvalue weighted by molar-refractivity contribution is 5.79. The van der Waals surface area contributed by atoms with Crippen LogP contribution in [0.1, 0.15) is 37.7 Å². The highest BCUT2D eigenvalue weighted by atomic mass is 19.1. The summed E-state index contributed by atoms with van der Waals surface area (Å²) < 4.78 is 12.6. The van der Waals surface area contributed by atoms with Crippen LogP contribution in [0.3, 0.4) is 0 Å². The first-order valence-electron chi connectivity index (χ1n) is 5.63. The minimum atomic E-state index is -0.190. The maximum atomic E-state index is 12.6. The highest BCUT2D eigenvalue weighted by Gasteiger charge is 2.10. The van der Waals surface area contributed by atoms with E-state index in [0.29, 0.717) is 6.04 Å². The molecule has 0 spiro atoms. The molecule has 1 aromatic rings. The quantitative estimate of drug-likeness (QED) is 0.654. The molecule has 2 heteroatoms. The summed E-state index contributed by atoms with van der Waals surface area (Å²) in [6, 6.07) is 6.97. The Morgan fingerprint density at radius 3 is 2.40 bits per heavy atom. The third kappa shape index (κ3) is 3.15. The van der Waals surface area contributed by atoms with Crippen LogP contribution in [0.15, 0.2) is 29.3 Å². The fraction of sp³-hybridized carbons (Fsp3) is 0.462. The van der Waals surface area contributed by atoms with E-state index in [1.165, 1.54) is 44.2 Å². The average molecular weight is 205 g/mol. The van der Waals surface area contributed by atoms with Gasteiger partial charge in [-0.15, -0.1) is 0 Å². The van der Waals surface area contributed by atoms with Gasteiger partial charge in [-0.25, -0.2) is 4.39 Å². The molecule has 1 aliphatic rings. The zero-order chi connectivity index (χ0) is 10.5. The number of hydrogen-bond acceptors (Lipinski definition) is 1. The second kappa shape index (κ2) is 5.06. The third-order valence-electron chi connectivity index (χ3n) is 2.88. The van der Waals surface area contributed by atoms with Crippen LogP contribution in [0.2, 0.25) is 0 Å². The molecule has 1 aliphatic carbocycles. The summed E-state index contributed by atoms with van der Waals surface area (Å²) >= 11 is 0. The van der Waals surface area contributed by atoms with Gasteiger partial charge in [-0.3, -0.25) is 4.99 Å². The summed E-state index contributed by atoms with van der Waals surface area (Å²) in [4.78, 5) is 4.54. The maximum absolute atomic E-state index is 12.6. The molecular weight excluding hydrogens is 189 g/mol. The molecule has 0 radical (unpaired) electrons. The first-order chi connectivity index (χ1) is 7.34. The summed E-state index contributed by atoms with van der Waals surface area (Å²) in [6.07, 6.45) is 8.23. The van der Waals surface area contributed by atoms with Crippen LogP contribution in [-0.2, 0) is 0 Å². The molecule has 0 saturated heterocycles. The first-order valence-corrected chi connectivity index (χ1v) is 5.63. The van der Waals surface area contributed by atoms with E-state index in [0.717, 1.165) is 5.56 Å². The van der Waals surface area contributed by atoms with Crippen molar-refractivity contribution in [2.24, 2.45) is 4.99 Å². The standard InChI is InChI=1S/C13H16FN/c14-12-8-6-11(7-9-12)10-15-13-4-2-1-3-5-13/h6-10,13H,1-5H2/b15-10+. The van der Waals surface area contributed by atoms with Gasteiger partial charge in [-0.05, 0) is 30.5 Å². The molecule has 0 heterocycles. The van der Waals surface area contributed by atoms with Gasteiger partial charge < -0.3 is 0 Å². The molecule has 0 bridgehead atoms. The van der Waals surface area contributed by atoms with Crippen LogP contribution in [0.5, 0.6) is 0 Å². The molecule has 0 N–H and O–H groups in total. The minimum Gasteiger partial charge on any atom is -0.289 e. The maximum Gasteiger partial charge on any atom is 0.123 e. The third-order valence-corrected chi connectivity index (χ3v) is 2.88. The fourth-order valence-electron chi connectivity index (χ4n) is 1.97. The molecule has 0 unspecified atom stereocenters. The Labute approximate surface area is 90.0 Å². The van der Waals surface area contributed by atoms with Crippen molar-refractivity contribution in [1.29, 1.82) is 0 Å². The monoisotopic (exact) mass is 205 g/mol. The summed E-state index contributed by atoms with van der Waals surface area (Å²) in [5.41, 5.74) is 0.988. The zero-order valence-electron chi connectivity index (χ0n) is 8.82. The number of benzene rings is 1. The van der Waals surface area contributed by atoms with Gasteiger partial charge in [0.25, 0.3) is 0 Å². The predicted molar refractivity (Wildman–Crippen MR) is 60.9 cm³/mol. The van der Waals surface area contributed by atoms with E-state index in [4.69, 9.17) is 0 Å². The number of halogens is 1. The molecule has 2 rings (SSSR count). The van der Waals surface area contributed by atoms with Crippen LogP contribution in [-0.4, -0.2) is 12.3 Å². The SMILES string of the molecule is Fc1ccc(/C=N/C2CCCCC2)cc1. The predicted octanol–water partition coefficient (Wildman–Crippen LogP) is 3.58. The van der Waals surface area contributed by atoms with E-state index >= 15 is 0 Å². The van der Waals surface area contributed by atoms with Gasteiger partial charge in [0, 0.05) is 12.3 Å². The number of rotatable bonds is 2.